The lowest BCUT2D eigenvalue weighted by molar-refractivity contribution is 0.642. The molecule has 2 saturated carbocycles. The number of benzene rings is 3. The van der Waals surface area contributed by atoms with Crippen molar-refractivity contribution in [3.63, 3.8) is 0 Å². The van der Waals surface area contributed by atoms with Gasteiger partial charge in [-0.1, -0.05) is 18.2 Å². The molecule has 3 aromatic carbocycles. The van der Waals surface area contributed by atoms with Gasteiger partial charge in [0.2, 0.25) is 0 Å². The predicted octanol–water partition coefficient (Wildman–Crippen LogP) is 5.54. The van der Waals surface area contributed by atoms with Crippen molar-refractivity contribution >= 4 is 33.1 Å². The van der Waals surface area contributed by atoms with E-state index in [0.29, 0.717) is 18.0 Å². The van der Waals surface area contributed by atoms with Crippen LogP contribution in [0.2, 0.25) is 0 Å². The zero-order chi connectivity index (χ0) is 27.5. The Labute approximate surface area is 238 Å². The Kier molecular flexibility index (Phi) is 5.86. The number of nitrogens with one attached hydrogen (secondary N) is 3. The lowest BCUT2D eigenvalue weighted by Crippen LogP contribution is -2.11. The summed E-state index contributed by atoms with van der Waals surface area (Å²) in [6, 6.07) is 20.1. The molecular formula is C33H34N8. The minimum atomic E-state index is 0.385. The summed E-state index contributed by atoms with van der Waals surface area (Å²) >= 11 is 0. The molecule has 2 aliphatic rings. The highest BCUT2D eigenvalue weighted by Gasteiger charge is 2.35. The number of nitrogens with two attached hydrogens (primary N) is 1. The molecular weight excluding hydrogens is 508 g/mol. The Balaban J connectivity index is 1.01. The van der Waals surface area contributed by atoms with Crippen LogP contribution in [-0.4, -0.2) is 49.0 Å². The minimum Gasteiger partial charge on any atom is -0.342 e. The number of rotatable bonds is 9. The maximum Gasteiger partial charge on any atom is 0.107 e. The molecule has 2 fully saturated rings. The van der Waals surface area contributed by atoms with Crippen LogP contribution in [-0.2, 0) is 12.8 Å². The second-order valence-electron chi connectivity index (χ2n) is 11.9. The fraction of sp³-hybridized carbons (Fsp3) is 0.333. The lowest BCUT2D eigenvalue weighted by atomic mass is 10.0. The average molecular weight is 543 g/mol. The molecule has 206 valence electrons. The van der Waals surface area contributed by atoms with Gasteiger partial charge in [-0.15, -0.1) is 0 Å². The Morgan fingerprint density at radius 1 is 0.732 bits per heavy atom. The summed E-state index contributed by atoms with van der Waals surface area (Å²) in [5.74, 6) is 3.54. The zero-order valence-electron chi connectivity index (χ0n) is 23.2. The topological polar surface area (TPSA) is 121 Å². The summed E-state index contributed by atoms with van der Waals surface area (Å²) in [6.45, 7) is 0. The summed E-state index contributed by atoms with van der Waals surface area (Å²) in [4.78, 5) is 26.4. The van der Waals surface area contributed by atoms with Gasteiger partial charge >= 0.3 is 0 Å². The van der Waals surface area contributed by atoms with E-state index in [4.69, 9.17) is 25.7 Å². The molecule has 0 radical (unpaired) electrons. The number of nitrogens with zero attached hydrogens (tertiary/aromatic N) is 4. The van der Waals surface area contributed by atoms with E-state index in [1.165, 1.54) is 12.8 Å². The van der Waals surface area contributed by atoms with Crippen molar-refractivity contribution in [3.05, 3.63) is 72.4 Å². The van der Waals surface area contributed by atoms with Crippen molar-refractivity contribution in [1.82, 2.24) is 35.2 Å². The SMILES string of the molecule is CNC1CC1CCc1nc2ccc(-c3ccc4nc(-c5ccc6nc(CCC7CC7N)[nH]c6c5)cnc4c3)cc2[nH]1. The fourth-order valence-corrected chi connectivity index (χ4v) is 6.20. The maximum atomic E-state index is 5.96. The second kappa shape index (κ2) is 9.75. The maximum absolute atomic E-state index is 5.96. The Morgan fingerprint density at radius 3 is 2.00 bits per heavy atom. The molecule has 3 aromatic heterocycles. The Morgan fingerprint density at radius 2 is 1.34 bits per heavy atom. The molecule has 5 N–H and O–H groups in total. The first-order valence-corrected chi connectivity index (χ1v) is 14.8. The summed E-state index contributed by atoms with van der Waals surface area (Å²) in [5.41, 5.74) is 16.0. The van der Waals surface area contributed by atoms with Crippen LogP contribution >= 0.6 is 0 Å². The van der Waals surface area contributed by atoms with Crippen molar-refractivity contribution in [2.24, 2.45) is 17.6 Å². The van der Waals surface area contributed by atoms with Crippen molar-refractivity contribution in [2.75, 3.05) is 7.05 Å². The van der Waals surface area contributed by atoms with Gasteiger partial charge in [-0.3, -0.25) is 4.98 Å². The highest BCUT2D eigenvalue weighted by atomic mass is 14.9. The van der Waals surface area contributed by atoms with Gasteiger partial charge in [0.25, 0.3) is 0 Å². The van der Waals surface area contributed by atoms with Crippen LogP contribution in [0.3, 0.4) is 0 Å². The molecule has 6 aromatic rings. The molecule has 4 atom stereocenters. The molecule has 0 saturated heterocycles. The van der Waals surface area contributed by atoms with E-state index in [1.807, 2.05) is 6.20 Å². The van der Waals surface area contributed by atoms with Gasteiger partial charge in [-0.25, -0.2) is 15.0 Å². The van der Waals surface area contributed by atoms with Crippen molar-refractivity contribution in [2.45, 2.75) is 50.6 Å². The van der Waals surface area contributed by atoms with E-state index < -0.39 is 0 Å². The first-order chi connectivity index (χ1) is 20.1. The molecule has 8 rings (SSSR count). The van der Waals surface area contributed by atoms with Gasteiger partial charge < -0.3 is 21.0 Å². The van der Waals surface area contributed by atoms with Crippen LogP contribution in [0, 0.1) is 11.8 Å². The van der Waals surface area contributed by atoms with Gasteiger partial charge in [0.1, 0.15) is 11.6 Å². The van der Waals surface area contributed by atoms with Gasteiger partial charge in [-0.05, 0) is 92.1 Å². The van der Waals surface area contributed by atoms with Gasteiger partial charge in [0.05, 0.1) is 45.0 Å². The number of fused-ring (bicyclic) bond motifs is 3. The summed E-state index contributed by atoms with van der Waals surface area (Å²) < 4.78 is 0. The number of aromatic nitrogens is 6. The average Bonchev–Trinajstić information content (AvgIpc) is 3.82. The third kappa shape index (κ3) is 4.87. The van der Waals surface area contributed by atoms with Crippen LogP contribution in [0.5, 0.6) is 0 Å². The first kappa shape index (κ1) is 24.6. The molecule has 41 heavy (non-hydrogen) atoms. The Bertz CT molecular complexity index is 1900. The predicted molar refractivity (Wildman–Crippen MR) is 163 cm³/mol. The lowest BCUT2D eigenvalue weighted by Gasteiger charge is -2.06. The van der Waals surface area contributed by atoms with Crippen LogP contribution in [0.4, 0.5) is 0 Å². The number of H-pyrrole nitrogens is 2. The fourth-order valence-electron chi connectivity index (χ4n) is 6.20. The highest BCUT2D eigenvalue weighted by molar-refractivity contribution is 5.87. The van der Waals surface area contributed by atoms with E-state index in [2.05, 4.69) is 76.9 Å². The molecule has 4 unspecified atom stereocenters. The molecule has 2 aliphatic carbocycles. The van der Waals surface area contributed by atoms with Gasteiger partial charge in [0, 0.05) is 30.5 Å². The van der Waals surface area contributed by atoms with Gasteiger partial charge in [-0.2, -0.15) is 0 Å². The summed E-state index contributed by atoms with van der Waals surface area (Å²) in [5, 5.41) is 3.37. The van der Waals surface area contributed by atoms with E-state index in [1.54, 1.807) is 0 Å². The normalized spacial score (nSPS) is 21.7. The number of aromatic amines is 2. The zero-order valence-corrected chi connectivity index (χ0v) is 23.2. The third-order valence-electron chi connectivity index (χ3n) is 9.01. The van der Waals surface area contributed by atoms with Crippen LogP contribution < -0.4 is 11.1 Å². The van der Waals surface area contributed by atoms with Crippen molar-refractivity contribution in [1.29, 1.82) is 0 Å². The van der Waals surface area contributed by atoms with Crippen molar-refractivity contribution in [3.8, 4) is 22.4 Å². The summed E-state index contributed by atoms with van der Waals surface area (Å²) in [6.07, 6.45) is 8.49. The van der Waals surface area contributed by atoms with Crippen LogP contribution in [0.1, 0.15) is 37.3 Å². The van der Waals surface area contributed by atoms with E-state index >= 15 is 0 Å². The largest absolute Gasteiger partial charge is 0.342 e. The van der Waals surface area contributed by atoms with E-state index in [9.17, 15) is 0 Å². The molecule has 0 amide bonds. The number of hydrogen-bond acceptors (Lipinski definition) is 6. The molecule has 0 spiro atoms. The first-order valence-electron chi connectivity index (χ1n) is 14.8. The quantitative estimate of drug-likeness (QED) is 0.190. The monoisotopic (exact) mass is 542 g/mol. The van der Waals surface area contributed by atoms with Gasteiger partial charge in [0.15, 0.2) is 0 Å². The second-order valence-corrected chi connectivity index (χ2v) is 11.9. The van der Waals surface area contributed by atoms with E-state index in [0.717, 1.165) is 98.7 Å². The number of aryl methyl sites for hydroxylation is 2. The van der Waals surface area contributed by atoms with E-state index in [-0.39, 0.29) is 0 Å². The molecule has 0 bridgehead atoms. The third-order valence-corrected chi connectivity index (χ3v) is 9.01. The molecule has 0 aliphatic heterocycles. The van der Waals surface area contributed by atoms with Crippen LogP contribution in [0.25, 0.3) is 55.5 Å². The Hall–Kier alpha value is -4.14. The molecule has 8 heteroatoms. The smallest absolute Gasteiger partial charge is 0.107 e. The van der Waals surface area contributed by atoms with Crippen molar-refractivity contribution < 1.29 is 0 Å². The molecule has 3 heterocycles. The highest BCUT2D eigenvalue weighted by Crippen LogP contribution is 2.35. The molecule has 8 nitrogen and oxygen atoms in total. The number of imidazole rings is 2. The minimum absolute atomic E-state index is 0.385. The van der Waals surface area contributed by atoms with Crippen LogP contribution in [0.15, 0.2) is 60.8 Å². The summed E-state index contributed by atoms with van der Waals surface area (Å²) in [7, 11) is 2.05. The standard InChI is InChI=1S/C33H34N8/c1-35-27-15-21(27)6-11-33-38-25-8-3-19(14-29(25)40-33)18-2-7-24-28(13-18)36-17-31(37-24)22-4-9-26-30(16-22)41-32(39-26)10-5-20-12-23(20)34/h2-4,7-9,13-14,16-17,20-21,23,27,35H,5-6,10-12,15,34H2,1H3,(H,38,40)(H,39,41). The number of hydrogen-bond donors (Lipinski definition) is 4.